The first-order chi connectivity index (χ1) is 5.63. The summed E-state index contributed by atoms with van der Waals surface area (Å²) in [6.45, 7) is -0.711. The molecule has 0 aromatic carbocycles. The van der Waals surface area contributed by atoms with Crippen molar-refractivity contribution in [2.45, 2.75) is 0 Å². The molecule has 0 fully saturated rings. The maximum Gasteiger partial charge on any atom is 0.377 e. The zero-order chi connectivity index (χ0) is 9.56. The van der Waals surface area contributed by atoms with Gasteiger partial charge in [-0.05, 0) is 0 Å². The number of aliphatic hydroxyl groups is 3. The van der Waals surface area contributed by atoms with Crippen molar-refractivity contribution in [3.8, 4) is 0 Å². The third-order valence-electron chi connectivity index (χ3n) is 0.927. The predicted octanol–water partition coefficient (Wildman–Crippen LogP) is 0.244. The Hall–Kier alpha value is -0.750. The van der Waals surface area contributed by atoms with Crippen LogP contribution in [0, 0.1) is 0 Å². The van der Waals surface area contributed by atoms with Crippen LogP contribution >= 0.6 is 15.9 Å². The highest BCUT2D eigenvalue weighted by Gasteiger charge is 2.13. The lowest BCUT2D eigenvalue weighted by Gasteiger charge is -2.02. The molecule has 0 saturated heterocycles. The second kappa shape index (κ2) is 5.84. The minimum Gasteiger partial charge on any atom is -0.506 e. The number of hydrogen-bond donors (Lipinski definition) is 3. The maximum absolute atomic E-state index is 10.7. The lowest BCUT2D eigenvalue weighted by atomic mass is 10.4. The van der Waals surface area contributed by atoms with Crippen molar-refractivity contribution in [2.24, 2.45) is 0 Å². The third-order valence-corrected chi connectivity index (χ3v) is 1.25. The molecule has 0 spiro atoms. The van der Waals surface area contributed by atoms with Crippen LogP contribution in [0.2, 0.25) is 0 Å². The van der Waals surface area contributed by atoms with Gasteiger partial charge in [-0.15, -0.1) is 0 Å². The number of carbonyl (C=O) groups is 1. The molecule has 70 valence electrons. The van der Waals surface area contributed by atoms with Crippen molar-refractivity contribution in [3.63, 3.8) is 0 Å². The van der Waals surface area contributed by atoms with Crippen LogP contribution < -0.4 is 0 Å². The van der Waals surface area contributed by atoms with E-state index in [1.807, 2.05) is 0 Å². The summed E-state index contributed by atoms with van der Waals surface area (Å²) in [7, 11) is 0. The van der Waals surface area contributed by atoms with E-state index in [4.69, 9.17) is 15.3 Å². The summed E-state index contributed by atoms with van der Waals surface area (Å²) < 4.78 is 4.41. The Balaban J connectivity index is 4.09. The van der Waals surface area contributed by atoms with E-state index in [9.17, 15) is 4.79 Å². The molecule has 3 N–H and O–H groups in total. The van der Waals surface area contributed by atoms with Gasteiger partial charge >= 0.3 is 5.97 Å². The summed E-state index contributed by atoms with van der Waals surface area (Å²) >= 11 is 2.99. The van der Waals surface area contributed by atoms with E-state index in [2.05, 4.69) is 20.7 Å². The van der Waals surface area contributed by atoms with Crippen molar-refractivity contribution >= 4 is 21.9 Å². The SMILES string of the molecule is O=C(OCCBr)/C(O)=C(/O)CO. The molecule has 0 aliphatic rings. The summed E-state index contributed by atoms with van der Waals surface area (Å²) in [5.74, 6) is -2.81. The molecule has 0 bridgehead atoms. The number of hydrogen-bond acceptors (Lipinski definition) is 5. The number of carbonyl (C=O) groups excluding carboxylic acids is 1. The normalized spacial score (nSPS) is 12.2. The van der Waals surface area contributed by atoms with Crippen LogP contribution in [0.25, 0.3) is 0 Å². The highest BCUT2D eigenvalue weighted by atomic mass is 79.9. The molecule has 0 aliphatic carbocycles. The first-order valence-electron chi connectivity index (χ1n) is 3.08. The fraction of sp³-hybridized carbons (Fsp3) is 0.500. The molecule has 0 rings (SSSR count). The quantitative estimate of drug-likeness (QED) is 0.284. The Morgan fingerprint density at radius 3 is 2.42 bits per heavy atom. The molecule has 0 unspecified atom stereocenters. The van der Waals surface area contributed by atoms with Crippen molar-refractivity contribution in [1.82, 2.24) is 0 Å². The van der Waals surface area contributed by atoms with E-state index in [-0.39, 0.29) is 6.61 Å². The van der Waals surface area contributed by atoms with Gasteiger partial charge in [0.25, 0.3) is 0 Å². The molecule has 12 heavy (non-hydrogen) atoms. The minimum absolute atomic E-state index is 0.0849. The topological polar surface area (TPSA) is 87.0 Å². The summed E-state index contributed by atoms with van der Waals surface area (Å²) in [5, 5.41) is 26.2. The summed E-state index contributed by atoms with van der Waals surface area (Å²) in [6, 6.07) is 0. The molecule has 0 radical (unpaired) electrons. The second-order valence-corrected chi connectivity index (χ2v) is 2.57. The van der Waals surface area contributed by atoms with Crippen LogP contribution in [0.3, 0.4) is 0 Å². The minimum atomic E-state index is -1.05. The van der Waals surface area contributed by atoms with E-state index in [1.54, 1.807) is 0 Å². The number of aliphatic hydroxyl groups excluding tert-OH is 3. The summed E-state index contributed by atoms with van der Waals surface area (Å²) in [5.41, 5.74) is 0. The Morgan fingerprint density at radius 1 is 1.42 bits per heavy atom. The predicted molar refractivity (Wildman–Crippen MR) is 44.1 cm³/mol. The van der Waals surface area contributed by atoms with Crippen molar-refractivity contribution in [1.29, 1.82) is 0 Å². The van der Waals surface area contributed by atoms with E-state index >= 15 is 0 Å². The number of esters is 1. The molecule has 0 aromatic rings. The molecule has 0 aliphatic heterocycles. The van der Waals surface area contributed by atoms with Gasteiger partial charge in [-0.2, -0.15) is 0 Å². The van der Waals surface area contributed by atoms with Crippen LogP contribution in [0.15, 0.2) is 11.5 Å². The van der Waals surface area contributed by atoms with Gasteiger partial charge in [0.05, 0.1) is 0 Å². The zero-order valence-corrected chi connectivity index (χ0v) is 7.74. The molecule has 0 saturated carbocycles. The van der Waals surface area contributed by atoms with Crippen LogP contribution in [-0.2, 0) is 9.53 Å². The first-order valence-corrected chi connectivity index (χ1v) is 4.20. The Kier molecular flexibility index (Phi) is 5.48. The van der Waals surface area contributed by atoms with Crippen molar-refractivity contribution in [2.75, 3.05) is 18.5 Å². The smallest absolute Gasteiger partial charge is 0.377 e. The molecule has 0 atom stereocenters. The van der Waals surface area contributed by atoms with E-state index in [1.165, 1.54) is 0 Å². The van der Waals surface area contributed by atoms with Crippen LogP contribution in [0.5, 0.6) is 0 Å². The van der Waals surface area contributed by atoms with E-state index in [0.717, 1.165) is 0 Å². The fourth-order valence-corrected chi connectivity index (χ4v) is 0.554. The highest BCUT2D eigenvalue weighted by Crippen LogP contribution is 1.99. The molecular formula is C6H9BrO5. The van der Waals surface area contributed by atoms with E-state index in [0.29, 0.717) is 5.33 Å². The standard InChI is InChI=1S/C6H9BrO5/c7-1-2-12-6(11)5(10)4(9)3-8/h8-10H,1-3H2/b5-4-. The van der Waals surface area contributed by atoms with Gasteiger partial charge in [0.2, 0.25) is 5.76 Å². The van der Waals surface area contributed by atoms with Crippen molar-refractivity contribution in [3.05, 3.63) is 11.5 Å². The van der Waals surface area contributed by atoms with Gasteiger partial charge in [0.15, 0.2) is 5.76 Å². The van der Waals surface area contributed by atoms with Crippen LogP contribution in [0.4, 0.5) is 0 Å². The fourth-order valence-electron chi connectivity index (χ4n) is 0.392. The molecular weight excluding hydrogens is 232 g/mol. The lowest BCUT2D eigenvalue weighted by molar-refractivity contribution is -0.141. The number of halogens is 1. The van der Waals surface area contributed by atoms with Crippen LogP contribution in [0.1, 0.15) is 0 Å². The zero-order valence-electron chi connectivity index (χ0n) is 6.16. The number of rotatable bonds is 4. The maximum atomic E-state index is 10.7. The van der Waals surface area contributed by atoms with Gasteiger partial charge < -0.3 is 20.1 Å². The van der Waals surface area contributed by atoms with Gasteiger partial charge in [-0.3, -0.25) is 0 Å². The lowest BCUT2D eigenvalue weighted by Crippen LogP contribution is -2.12. The first kappa shape index (κ1) is 11.2. The van der Waals surface area contributed by atoms with Gasteiger partial charge in [-0.1, -0.05) is 15.9 Å². The van der Waals surface area contributed by atoms with Crippen LogP contribution in [-0.4, -0.2) is 39.8 Å². The Labute approximate surface area is 77.4 Å². The average Bonchev–Trinajstić information content (AvgIpc) is 2.11. The largest absolute Gasteiger partial charge is 0.506 e. The molecule has 5 nitrogen and oxygen atoms in total. The van der Waals surface area contributed by atoms with Gasteiger partial charge in [-0.25, -0.2) is 4.79 Å². The third kappa shape index (κ3) is 3.59. The second-order valence-electron chi connectivity index (χ2n) is 1.78. The Morgan fingerprint density at radius 2 is 2.00 bits per heavy atom. The molecule has 0 heterocycles. The van der Waals surface area contributed by atoms with Crippen molar-refractivity contribution < 1.29 is 24.9 Å². The Bertz CT molecular complexity index is 188. The average molecular weight is 241 g/mol. The molecule has 6 heteroatoms. The number of alkyl halides is 1. The van der Waals surface area contributed by atoms with Gasteiger partial charge in [0.1, 0.15) is 13.2 Å². The van der Waals surface area contributed by atoms with Gasteiger partial charge in [0, 0.05) is 5.33 Å². The monoisotopic (exact) mass is 240 g/mol. The summed E-state index contributed by atoms with van der Waals surface area (Å²) in [6.07, 6.45) is 0. The summed E-state index contributed by atoms with van der Waals surface area (Å²) in [4.78, 5) is 10.7. The molecule has 0 aromatic heterocycles. The molecule has 0 amide bonds. The highest BCUT2D eigenvalue weighted by molar-refractivity contribution is 9.09. The number of ether oxygens (including phenoxy) is 1. The van der Waals surface area contributed by atoms with E-state index < -0.39 is 24.1 Å².